The second-order valence-corrected chi connectivity index (χ2v) is 8.34. The van der Waals surface area contributed by atoms with Crippen molar-refractivity contribution in [3.63, 3.8) is 0 Å². The normalized spacial score (nSPS) is 11.3. The molecule has 0 radical (unpaired) electrons. The zero-order chi connectivity index (χ0) is 22.0. The van der Waals surface area contributed by atoms with Crippen molar-refractivity contribution in [1.29, 1.82) is 0 Å². The number of nitrogens with zero attached hydrogens (tertiary/aromatic N) is 2. The SMILES string of the molecule is Cc1cc(NC(=O)OCC(C)C)nn1Cc1cc(Cl)cc2cc(-c3ccccc3)oc12. The van der Waals surface area contributed by atoms with E-state index in [0.717, 1.165) is 33.6 Å². The highest BCUT2D eigenvalue weighted by Gasteiger charge is 2.15. The van der Waals surface area contributed by atoms with Crippen LogP contribution in [0.3, 0.4) is 0 Å². The fourth-order valence-electron chi connectivity index (χ4n) is 3.32. The number of amides is 1. The molecule has 160 valence electrons. The average molecular weight is 438 g/mol. The van der Waals surface area contributed by atoms with E-state index >= 15 is 0 Å². The molecule has 31 heavy (non-hydrogen) atoms. The van der Waals surface area contributed by atoms with E-state index in [2.05, 4.69) is 10.4 Å². The van der Waals surface area contributed by atoms with Crippen molar-refractivity contribution in [3.05, 3.63) is 70.9 Å². The Labute approximate surface area is 185 Å². The molecule has 0 bridgehead atoms. The van der Waals surface area contributed by atoms with E-state index in [9.17, 15) is 4.79 Å². The molecule has 0 saturated heterocycles. The lowest BCUT2D eigenvalue weighted by Gasteiger charge is -2.07. The topological polar surface area (TPSA) is 69.3 Å². The lowest BCUT2D eigenvalue weighted by molar-refractivity contribution is 0.147. The number of fused-ring (bicyclic) bond motifs is 1. The van der Waals surface area contributed by atoms with Gasteiger partial charge in [-0.1, -0.05) is 55.8 Å². The Balaban J connectivity index is 1.59. The minimum atomic E-state index is -0.512. The van der Waals surface area contributed by atoms with Gasteiger partial charge in [-0.3, -0.25) is 10.00 Å². The van der Waals surface area contributed by atoms with Crippen LogP contribution in [0.2, 0.25) is 5.02 Å². The fourth-order valence-corrected chi connectivity index (χ4v) is 3.57. The highest BCUT2D eigenvalue weighted by atomic mass is 35.5. The quantitative estimate of drug-likeness (QED) is 0.373. The third-order valence-corrected chi connectivity index (χ3v) is 5.01. The first-order valence-electron chi connectivity index (χ1n) is 10.1. The molecule has 0 aliphatic heterocycles. The van der Waals surface area contributed by atoms with E-state index in [4.69, 9.17) is 20.8 Å². The maximum absolute atomic E-state index is 11.9. The third kappa shape index (κ3) is 4.91. The molecule has 2 aromatic heterocycles. The van der Waals surface area contributed by atoms with Gasteiger partial charge in [0.05, 0.1) is 13.2 Å². The van der Waals surface area contributed by atoms with Crippen LogP contribution in [0.4, 0.5) is 10.6 Å². The molecule has 0 saturated carbocycles. The lowest BCUT2D eigenvalue weighted by Crippen LogP contribution is -2.17. The summed E-state index contributed by atoms with van der Waals surface area (Å²) in [4.78, 5) is 11.9. The fraction of sp³-hybridized carbons (Fsp3) is 0.250. The molecule has 1 N–H and O–H groups in total. The Bertz CT molecular complexity index is 1210. The molecule has 0 unspecified atom stereocenters. The van der Waals surface area contributed by atoms with Gasteiger partial charge in [0, 0.05) is 33.3 Å². The first-order chi connectivity index (χ1) is 14.9. The van der Waals surface area contributed by atoms with Crippen molar-refractivity contribution in [2.45, 2.75) is 27.3 Å². The highest BCUT2D eigenvalue weighted by Crippen LogP contribution is 2.32. The van der Waals surface area contributed by atoms with E-state index in [-0.39, 0.29) is 5.92 Å². The van der Waals surface area contributed by atoms with Crippen molar-refractivity contribution in [1.82, 2.24) is 9.78 Å². The average Bonchev–Trinajstić information content (AvgIpc) is 3.30. The number of rotatable bonds is 6. The summed E-state index contributed by atoms with van der Waals surface area (Å²) in [6, 6.07) is 17.5. The highest BCUT2D eigenvalue weighted by molar-refractivity contribution is 6.31. The molecule has 7 heteroatoms. The van der Waals surface area contributed by atoms with Gasteiger partial charge in [-0.05, 0) is 31.0 Å². The molecule has 2 heterocycles. The molecule has 0 atom stereocenters. The largest absolute Gasteiger partial charge is 0.456 e. The summed E-state index contributed by atoms with van der Waals surface area (Å²) in [6.07, 6.45) is -0.512. The lowest BCUT2D eigenvalue weighted by atomic mass is 10.1. The van der Waals surface area contributed by atoms with Crippen LogP contribution in [0.1, 0.15) is 25.1 Å². The molecule has 2 aromatic carbocycles. The van der Waals surface area contributed by atoms with Crippen molar-refractivity contribution in [2.75, 3.05) is 11.9 Å². The minimum Gasteiger partial charge on any atom is -0.456 e. The first-order valence-corrected chi connectivity index (χ1v) is 10.5. The van der Waals surface area contributed by atoms with Gasteiger partial charge in [-0.25, -0.2) is 4.79 Å². The summed E-state index contributed by atoms with van der Waals surface area (Å²) in [5.74, 6) is 1.49. The number of aryl methyl sites for hydroxylation is 1. The van der Waals surface area contributed by atoms with Gasteiger partial charge in [0.1, 0.15) is 11.3 Å². The Kier molecular flexibility index (Phi) is 6.00. The van der Waals surface area contributed by atoms with Gasteiger partial charge < -0.3 is 9.15 Å². The number of hydrogen-bond acceptors (Lipinski definition) is 4. The van der Waals surface area contributed by atoms with E-state index in [0.29, 0.717) is 24.0 Å². The number of furan rings is 1. The second kappa shape index (κ2) is 8.86. The summed E-state index contributed by atoms with van der Waals surface area (Å²) in [5, 5.41) is 8.73. The number of aromatic nitrogens is 2. The molecule has 6 nitrogen and oxygen atoms in total. The molecule has 4 aromatic rings. The minimum absolute atomic E-state index is 0.268. The van der Waals surface area contributed by atoms with Crippen LogP contribution in [0.5, 0.6) is 0 Å². The summed E-state index contributed by atoms with van der Waals surface area (Å²) in [5.41, 5.74) is 3.57. The van der Waals surface area contributed by atoms with Crippen LogP contribution in [0, 0.1) is 12.8 Å². The molecule has 0 fully saturated rings. The molecule has 1 amide bonds. The predicted octanol–water partition coefficient (Wildman–Crippen LogP) is 6.51. The molecule has 0 spiro atoms. The van der Waals surface area contributed by atoms with Crippen LogP contribution in [-0.2, 0) is 11.3 Å². The standard InChI is InChI=1S/C24H24ClN3O3/c1-15(2)14-30-24(29)26-22-9-16(3)28(27-22)13-19-11-20(25)10-18-12-21(31-23(18)19)17-7-5-4-6-8-17/h4-12,15H,13-14H2,1-3H3,(H,26,27,29). The van der Waals surface area contributed by atoms with E-state index in [1.165, 1.54) is 0 Å². The van der Waals surface area contributed by atoms with E-state index in [1.54, 1.807) is 10.7 Å². The smallest absolute Gasteiger partial charge is 0.412 e. The van der Waals surface area contributed by atoms with Gasteiger partial charge in [0.15, 0.2) is 5.82 Å². The molecule has 0 aliphatic rings. The number of halogens is 1. The number of anilines is 1. The van der Waals surface area contributed by atoms with Crippen LogP contribution >= 0.6 is 11.6 Å². The first kappa shape index (κ1) is 21.0. The van der Waals surface area contributed by atoms with Crippen molar-refractivity contribution >= 4 is 34.5 Å². The van der Waals surface area contributed by atoms with Crippen LogP contribution in [0.25, 0.3) is 22.3 Å². The van der Waals surface area contributed by atoms with Crippen molar-refractivity contribution in [3.8, 4) is 11.3 Å². The van der Waals surface area contributed by atoms with Gasteiger partial charge in [-0.15, -0.1) is 0 Å². The summed E-state index contributed by atoms with van der Waals surface area (Å²) < 4.78 is 13.1. The Hall–Kier alpha value is -3.25. The summed E-state index contributed by atoms with van der Waals surface area (Å²) in [6.45, 7) is 6.70. The number of nitrogens with one attached hydrogen (secondary N) is 1. The number of hydrogen-bond donors (Lipinski definition) is 1. The van der Waals surface area contributed by atoms with Gasteiger partial charge in [0.2, 0.25) is 0 Å². The van der Waals surface area contributed by atoms with E-state index in [1.807, 2.05) is 69.3 Å². The number of ether oxygens (including phenoxy) is 1. The zero-order valence-corrected chi connectivity index (χ0v) is 18.4. The number of carbonyl (C=O) groups excluding carboxylic acids is 1. The zero-order valence-electron chi connectivity index (χ0n) is 17.7. The van der Waals surface area contributed by atoms with Crippen LogP contribution < -0.4 is 5.32 Å². The summed E-state index contributed by atoms with van der Waals surface area (Å²) >= 11 is 6.37. The third-order valence-electron chi connectivity index (χ3n) is 4.80. The molecule has 0 aliphatic carbocycles. The Morgan fingerprint density at radius 1 is 1.19 bits per heavy atom. The van der Waals surface area contributed by atoms with Gasteiger partial charge in [0.25, 0.3) is 0 Å². The van der Waals surface area contributed by atoms with Crippen LogP contribution in [0.15, 0.2) is 59.0 Å². The summed E-state index contributed by atoms with van der Waals surface area (Å²) in [7, 11) is 0. The monoisotopic (exact) mass is 437 g/mol. The van der Waals surface area contributed by atoms with E-state index < -0.39 is 6.09 Å². The predicted molar refractivity (Wildman–Crippen MR) is 123 cm³/mol. The number of carbonyl (C=O) groups is 1. The van der Waals surface area contributed by atoms with Gasteiger partial charge in [-0.2, -0.15) is 5.10 Å². The maximum atomic E-state index is 11.9. The second-order valence-electron chi connectivity index (χ2n) is 7.91. The van der Waals surface area contributed by atoms with Crippen LogP contribution in [-0.4, -0.2) is 22.5 Å². The van der Waals surface area contributed by atoms with Gasteiger partial charge >= 0.3 is 6.09 Å². The number of benzene rings is 2. The molecular weight excluding hydrogens is 414 g/mol. The van der Waals surface area contributed by atoms with Crippen molar-refractivity contribution in [2.24, 2.45) is 5.92 Å². The Morgan fingerprint density at radius 2 is 1.97 bits per heavy atom. The molecular formula is C24H24ClN3O3. The van der Waals surface area contributed by atoms with Crippen molar-refractivity contribution < 1.29 is 13.9 Å². The molecule has 4 rings (SSSR count). The Morgan fingerprint density at radius 3 is 2.71 bits per heavy atom. The maximum Gasteiger partial charge on any atom is 0.412 e.